The van der Waals surface area contributed by atoms with Crippen molar-refractivity contribution in [3.63, 3.8) is 0 Å². The van der Waals surface area contributed by atoms with Crippen molar-refractivity contribution in [2.75, 3.05) is 13.1 Å². The molecule has 20 heavy (non-hydrogen) atoms. The normalized spacial score (nSPS) is 18.8. The summed E-state index contributed by atoms with van der Waals surface area (Å²) >= 11 is 3.24. The summed E-state index contributed by atoms with van der Waals surface area (Å²) in [5.41, 5.74) is 0.0582. The maximum absolute atomic E-state index is 13.7. The third-order valence-corrected chi connectivity index (χ3v) is 3.77. The molecule has 1 aliphatic heterocycles. The third-order valence-electron chi connectivity index (χ3n) is 3.27. The Labute approximate surface area is 125 Å². The second-order valence-electron chi connectivity index (χ2n) is 4.92. The lowest BCUT2D eigenvalue weighted by Crippen LogP contribution is -2.49. The van der Waals surface area contributed by atoms with Crippen LogP contribution in [0.25, 0.3) is 0 Å². The lowest BCUT2D eigenvalue weighted by molar-refractivity contribution is -0.120. The molecular formula is C14H16BrFN2O2. The Bertz CT molecular complexity index is 536. The zero-order valence-electron chi connectivity index (χ0n) is 11.2. The smallest absolute Gasteiger partial charge is 0.256 e. The maximum Gasteiger partial charge on any atom is 0.256 e. The first-order valence-electron chi connectivity index (χ1n) is 6.49. The van der Waals surface area contributed by atoms with Crippen LogP contribution in [0, 0.1) is 5.82 Å². The molecule has 1 N–H and O–H groups in total. The summed E-state index contributed by atoms with van der Waals surface area (Å²) in [5.74, 6) is -0.975. The number of likely N-dealkylation sites (tertiary alicyclic amines) is 1. The highest BCUT2D eigenvalue weighted by atomic mass is 79.9. The van der Waals surface area contributed by atoms with Gasteiger partial charge < -0.3 is 10.2 Å². The van der Waals surface area contributed by atoms with Crippen molar-refractivity contribution in [2.24, 2.45) is 0 Å². The molecule has 1 aromatic carbocycles. The van der Waals surface area contributed by atoms with Crippen LogP contribution in [0.1, 0.15) is 30.1 Å². The Balaban J connectivity index is 2.12. The van der Waals surface area contributed by atoms with E-state index in [9.17, 15) is 14.0 Å². The number of piperidine rings is 1. The van der Waals surface area contributed by atoms with Gasteiger partial charge in [-0.15, -0.1) is 0 Å². The van der Waals surface area contributed by atoms with Crippen LogP contribution in [0.5, 0.6) is 0 Å². The number of hydrogen-bond donors (Lipinski definition) is 1. The number of benzene rings is 1. The lowest BCUT2D eigenvalue weighted by Gasteiger charge is -2.33. The van der Waals surface area contributed by atoms with Gasteiger partial charge in [0.05, 0.1) is 5.56 Å². The number of rotatable bonds is 2. The van der Waals surface area contributed by atoms with Gasteiger partial charge in [0.2, 0.25) is 5.91 Å². The van der Waals surface area contributed by atoms with Crippen molar-refractivity contribution < 1.29 is 14.0 Å². The number of hydrogen-bond acceptors (Lipinski definition) is 2. The monoisotopic (exact) mass is 342 g/mol. The number of nitrogens with one attached hydrogen (secondary N) is 1. The van der Waals surface area contributed by atoms with Crippen LogP contribution in [-0.4, -0.2) is 35.8 Å². The van der Waals surface area contributed by atoms with E-state index in [0.717, 1.165) is 12.8 Å². The molecule has 1 heterocycles. The molecule has 0 radical (unpaired) electrons. The molecule has 1 unspecified atom stereocenters. The van der Waals surface area contributed by atoms with Crippen LogP contribution in [0.2, 0.25) is 0 Å². The molecule has 0 saturated carbocycles. The summed E-state index contributed by atoms with van der Waals surface area (Å²) in [7, 11) is 0. The molecule has 0 bridgehead atoms. The molecule has 1 atom stereocenters. The van der Waals surface area contributed by atoms with Crippen molar-refractivity contribution in [2.45, 2.75) is 25.8 Å². The lowest BCUT2D eigenvalue weighted by atomic mass is 10.0. The second-order valence-corrected chi connectivity index (χ2v) is 5.83. The Morgan fingerprint density at radius 3 is 2.90 bits per heavy atom. The predicted molar refractivity (Wildman–Crippen MR) is 76.8 cm³/mol. The SMILES string of the molecule is CC(=O)NC1CCCN(C(=O)c2cc(Br)ccc2F)C1. The van der Waals surface area contributed by atoms with Crippen molar-refractivity contribution in [1.29, 1.82) is 0 Å². The number of carbonyl (C=O) groups excluding carboxylic acids is 2. The standard InChI is InChI=1S/C14H16BrFN2O2/c1-9(19)17-11-3-2-6-18(8-11)14(20)12-7-10(15)4-5-13(12)16/h4-5,7,11H,2-3,6,8H2,1H3,(H,17,19). The van der Waals surface area contributed by atoms with Gasteiger partial charge in [0.15, 0.2) is 0 Å². The molecule has 1 fully saturated rings. The van der Waals surface area contributed by atoms with E-state index in [4.69, 9.17) is 0 Å². The van der Waals surface area contributed by atoms with Crippen molar-refractivity contribution in [3.05, 3.63) is 34.1 Å². The van der Waals surface area contributed by atoms with Gasteiger partial charge in [0.25, 0.3) is 5.91 Å². The highest BCUT2D eigenvalue weighted by molar-refractivity contribution is 9.10. The molecule has 1 aliphatic rings. The van der Waals surface area contributed by atoms with E-state index in [1.807, 2.05) is 0 Å². The van der Waals surface area contributed by atoms with Crippen LogP contribution in [0.15, 0.2) is 22.7 Å². The first-order valence-corrected chi connectivity index (χ1v) is 7.28. The van der Waals surface area contributed by atoms with Gasteiger partial charge in [-0.2, -0.15) is 0 Å². The van der Waals surface area contributed by atoms with Crippen LogP contribution < -0.4 is 5.32 Å². The molecule has 1 saturated heterocycles. The predicted octanol–water partition coefficient (Wildman–Crippen LogP) is 2.33. The van der Waals surface area contributed by atoms with Crippen LogP contribution in [0.4, 0.5) is 4.39 Å². The minimum Gasteiger partial charge on any atom is -0.352 e. The summed E-state index contributed by atoms with van der Waals surface area (Å²) in [6.07, 6.45) is 1.64. The molecule has 108 valence electrons. The van der Waals surface area contributed by atoms with E-state index >= 15 is 0 Å². The summed E-state index contributed by atoms with van der Waals surface area (Å²) in [4.78, 5) is 25.0. The Hall–Kier alpha value is -1.43. The topological polar surface area (TPSA) is 49.4 Å². The quantitative estimate of drug-likeness (QED) is 0.896. The number of halogens is 2. The minimum atomic E-state index is -0.528. The fourth-order valence-corrected chi connectivity index (χ4v) is 2.76. The van der Waals surface area contributed by atoms with Gasteiger partial charge in [-0.1, -0.05) is 15.9 Å². The second kappa shape index (κ2) is 6.35. The fourth-order valence-electron chi connectivity index (χ4n) is 2.40. The maximum atomic E-state index is 13.7. The Morgan fingerprint density at radius 2 is 2.20 bits per heavy atom. The fraction of sp³-hybridized carbons (Fsp3) is 0.429. The molecule has 0 spiro atoms. The molecule has 4 nitrogen and oxygen atoms in total. The number of carbonyl (C=O) groups is 2. The Kier molecular flexibility index (Phi) is 4.75. The number of nitrogens with zero attached hydrogens (tertiary/aromatic N) is 1. The first-order chi connectivity index (χ1) is 9.47. The van der Waals surface area contributed by atoms with Crippen molar-refractivity contribution in [1.82, 2.24) is 10.2 Å². The van der Waals surface area contributed by atoms with E-state index in [2.05, 4.69) is 21.2 Å². The molecule has 2 rings (SSSR count). The molecule has 1 aromatic rings. The molecule has 2 amide bonds. The summed E-state index contributed by atoms with van der Waals surface area (Å²) in [6, 6.07) is 4.26. The zero-order chi connectivity index (χ0) is 14.7. The van der Waals surface area contributed by atoms with Crippen LogP contribution in [-0.2, 0) is 4.79 Å². The molecule has 0 aromatic heterocycles. The summed E-state index contributed by atoms with van der Waals surface area (Å²) < 4.78 is 14.4. The van der Waals surface area contributed by atoms with Gasteiger partial charge in [0, 0.05) is 30.5 Å². The van der Waals surface area contributed by atoms with Gasteiger partial charge in [-0.3, -0.25) is 9.59 Å². The van der Waals surface area contributed by atoms with E-state index in [-0.39, 0.29) is 23.4 Å². The molecule has 6 heteroatoms. The van der Waals surface area contributed by atoms with E-state index < -0.39 is 5.82 Å². The van der Waals surface area contributed by atoms with E-state index in [1.54, 1.807) is 11.0 Å². The average Bonchev–Trinajstić information content (AvgIpc) is 2.40. The zero-order valence-corrected chi connectivity index (χ0v) is 12.7. The molecular weight excluding hydrogens is 327 g/mol. The largest absolute Gasteiger partial charge is 0.352 e. The third kappa shape index (κ3) is 3.56. The van der Waals surface area contributed by atoms with Crippen molar-refractivity contribution in [3.8, 4) is 0 Å². The molecule has 0 aliphatic carbocycles. The van der Waals surface area contributed by atoms with Gasteiger partial charge >= 0.3 is 0 Å². The van der Waals surface area contributed by atoms with Crippen LogP contribution >= 0.6 is 15.9 Å². The summed E-state index contributed by atoms with van der Waals surface area (Å²) in [6.45, 7) is 2.46. The van der Waals surface area contributed by atoms with Gasteiger partial charge in [0.1, 0.15) is 5.82 Å². The first kappa shape index (κ1) is 15.0. The highest BCUT2D eigenvalue weighted by Crippen LogP contribution is 2.19. The van der Waals surface area contributed by atoms with Crippen LogP contribution in [0.3, 0.4) is 0 Å². The highest BCUT2D eigenvalue weighted by Gasteiger charge is 2.26. The number of amides is 2. The minimum absolute atomic E-state index is 0.0552. The van der Waals surface area contributed by atoms with Gasteiger partial charge in [-0.25, -0.2) is 4.39 Å². The average molecular weight is 343 g/mol. The van der Waals surface area contributed by atoms with Crippen molar-refractivity contribution >= 4 is 27.7 Å². The van der Waals surface area contributed by atoms with Gasteiger partial charge in [-0.05, 0) is 31.0 Å². The Morgan fingerprint density at radius 1 is 1.45 bits per heavy atom. The van der Waals surface area contributed by atoms with E-state index in [1.165, 1.54) is 19.1 Å². The van der Waals surface area contributed by atoms with E-state index in [0.29, 0.717) is 17.6 Å². The summed E-state index contributed by atoms with van der Waals surface area (Å²) in [5, 5.41) is 2.81.